The number of nitrogens with zero attached hydrogens (tertiary/aromatic N) is 3. The van der Waals surface area contributed by atoms with Crippen LogP contribution in [0.2, 0.25) is 0 Å². The lowest BCUT2D eigenvalue weighted by molar-refractivity contribution is -0.0226. The van der Waals surface area contributed by atoms with Crippen molar-refractivity contribution in [2.45, 2.75) is 12.5 Å². The van der Waals surface area contributed by atoms with Gasteiger partial charge in [0.15, 0.2) is 0 Å². The molecule has 80 valence electrons. The van der Waals surface area contributed by atoms with Crippen molar-refractivity contribution >= 4 is 0 Å². The molecule has 0 amide bonds. The summed E-state index contributed by atoms with van der Waals surface area (Å²) in [6.45, 7) is 9.77. The fourth-order valence-electron chi connectivity index (χ4n) is 2.88. The van der Waals surface area contributed by atoms with Gasteiger partial charge >= 0.3 is 0 Å². The first kappa shape index (κ1) is 9.09. The average Bonchev–Trinajstić information content (AvgIpc) is 2.26. The molecule has 4 aliphatic heterocycles. The van der Waals surface area contributed by atoms with Gasteiger partial charge in [0.1, 0.15) is 0 Å². The van der Waals surface area contributed by atoms with E-state index in [-0.39, 0.29) is 0 Å². The van der Waals surface area contributed by atoms with Gasteiger partial charge in [0, 0.05) is 52.0 Å². The molecule has 4 saturated heterocycles. The zero-order chi connectivity index (χ0) is 9.38. The molecule has 4 atom stereocenters. The lowest BCUT2D eigenvalue weighted by Crippen LogP contribution is -2.62. The summed E-state index contributed by atoms with van der Waals surface area (Å²) in [6, 6.07) is 0.833. The second-order valence-electron chi connectivity index (χ2n) is 4.75. The Morgan fingerprint density at radius 3 is 3.00 bits per heavy atom. The van der Waals surface area contributed by atoms with E-state index in [0.717, 1.165) is 19.3 Å². The van der Waals surface area contributed by atoms with Crippen LogP contribution in [0, 0.1) is 0 Å². The Labute approximate surface area is 85.8 Å². The molecule has 4 heteroatoms. The number of fused-ring (bicyclic) bond motifs is 5. The minimum absolute atomic E-state index is 0.833. The van der Waals surface area contributed by atoms with E-state index in [1.54, 1.807) is 0 Å². The van der Waals surface area contributed by atoms with Crippen LogP contribution in [0.4, 0.5) is 0 Å². The van der Waals surface area contributed by atoms with Crippen molar-refractivity contribution in [3.05, 3.63) is 0 Å². The minimum atomic E-state index is 0.833. The zero-order valence-corrected chi connectivity index (χ0v) is 8.78. The van der Waals surface area contributed by atoms with Crippen molar-refractivity contribution in [1.29, 1.82) is 0 Å². The van der Waals surface area contributed by atoms with Gasteiger partial charge in [-0.15, -0.1) is 0 Å². The predicted molar refractivity (Wildman–Crippen MR) is 56.0 cm³/mol. The van der Waals surface area contributed by atoms with E-state index in [9.17, 15) is 0 Å². The number of nitrogens with one attached hydrogen (secondary N) is 1. The first-order valence-electron chi connectivity index (χ1n) is 5.81. The van der Waals surface area contributed by atoms with E-state index in [0.29, 0.717) is 0 Å². The molecule has 0 spiro atoms. The highest BCUT2D eigenvalue weighted by Crippen LogP contribution is 2.18. The van der Waals surface area contributed by atoms with E-state index in [1.807, 2.05) is 0 Å². The standard InChI is InChI=1S/C10H20N4/c1-3-12-4-2-11-8-13-5-6-14(9-12)10(1)7-13/h10-11H,1-9H2. The van der Waals surface area contributed by atoms with Gasteiger partial charge in [-0.2, -0.15) is 0 Å². The number of hydrogen-bond donors (Lipinski definition) is 1. The first-order chi connectivity index (χ1) is 6.92. The van der Waals surface area contributed by atoms with Crippen LogP contribution < -0.4 is 5.32 Å². The molecular formula is C10H20N4. The number of piperazine rings is 1. The minimum Gasteiger partial charge on any atom is -0.303 e. The van der Waals surface area contributed by atoms with Crippen LogP contribution in [0.15, 0.2) is 0 Å². The molecule has 4 heterocycles. The average molecular weight is 196 g/mol. The van der Waals surface area contributed by atoms with Gasteiger partial charge in [-0.05, 0) is 6.42 Å². The quantitative estimate of drug-likeness (QED) is 0.547. The van der Waals surface area contributed by atoms with Crippen LogP contribution in [-0.2, 0) is 0 Å². The maximum absolute atomic E-state index is 3.53. The molecule has 4 bridgehead atoms. The Bertz CT molecular complexity index is 182. The molecule has 1 N–H and O–H groups in total. The second-order valence-corrected chi connectivity index (χ2v) is 4.75. The monoisotopic (exact) mass is 196 g/mol. The Morgan fingerprint density at radius 1 is 1.00 bits per heavy atom. The van der Waals surface area contributed by atoms with Gasteiger partial charge in [-0.1, -0.05) is 0 Å². The summed E-state index contributed by atoms with van der Waals surface area (Å²) < 4.78 is 0. The lowest BCUT2D eigenvalue weighted by Gasteiger charge is -2.48. The zero-order valence-electron chi connectivity index (χ0n) is 8.78. The maximum Gasteiger partial charge on any atom is 0.0510 e. The largest absolute Gasteiger partial charge is 0.303 e. The third-order valence-corrected chi connectivity index (χ3v) is 3.79. The molecule has 4 nitrogen and oxygen atoms in total. The van der Waals surface area contributed by atoms with E-state index < -0.39 is 0 Å². The lowest BCUT2D eigenvalue weighted by atomic mass is 10.1. The summed E-state index contributed by atoms with van der Waals surface area (Å²) in [6.07, 6.45) is 1.37. The van der Waals surface area contributed by atoms with Gasteiger partial charge in [0.2, 0.25) is 0 Å². The topological polar surface area (TPSA) is 21.8 Å². The van der Waals surface area contributed by atoms with Crippen molar-refractivity contribution in [3.8, 4) is 0 Å². The summed E-state index contributed by atoms with van der Waals surface area (Å²) in [5.41, 5.74) is 0. The van der Waals surface area contributed by atoms with Crippen LogP contribution in [0.1, 0.15) is 6.42 Å². The first-order valence-corrected chi connectivity index (χ1v) is 5.81. The summed E-state index contributed by atoms with van der Waals surface area (Å²) in [7, 11) is 0. The molecule has 0 aromatic rings. The number of hydrogen-bond acceptors (Lipinski definition) is 4. The van der Waals surface area contributed by atoms with Crippen molar-refractivity contribution in [3.63, 3.8) is 0 Å². The Kier molecular flexibility index (Phi) is 2.45. The summed E-state index contributed by atoms with van der Waals surface area (Å²) >= 11 is 0. The van der Waals surface area contributed by atoms with Gasteiger partial charge in [0.05, 0.1) is 6.67 Å². The van der Waals surface area contributed by atoms with Crippen molar-refractivity contribution in [2.24, 2.45) is 0 Å². The molecule has 0 radical (unpaired) electrons. The second kappa shape index (κ2) is 3.77. The Balaban J connectivity index is 1.76. The fraction of sp³-hybridized carbons (Fsp3) is 1.00. The molecule has 0 aliphatic carbocycles. The smallest absolute Gasteiger partial charge is 0.0510 e. The van der Waals surface area contributed by atoms with Gasteiger partial charge in [0.25, 0.3) is 0 Å². The van der Waals surface area contributed by atoms with E-state index in [1.165, 1.54) is 45.8 Å². The third-order valence-electron chi connectivity index (χ3n) is 3.79. The third kappa shape index (κ3) is 1.67. The van der Waals surface area contributed by atoms with Gasteiger partial charge in [-0.25, -0.2) is 0 Å². The molecule has 0 aromatic heterocycles. The predicted octanol–water partition coefficient (Wildman–Crippen LogP) is -0.803. The van der Waals surface area contributed by atoms with Crippen molar-refractivity contribution in [2.75, 3.05) is 52.6 Å². The van der Waals surface area contributed by atoms with Crippen LogP contribution in [0.25, 0.3) is 0 Å². The number of rotatable bonds is 0. The molecule has 4 aliphatic rings. The molecule has 14 heavy (non-hydrogen) atoms. The Hall–Kier alpha value is -0.160. The van der Waals surface area contributed by atoms with Gasteiger partial charge < -0.3 is 5.32 Å². The highest BCUT2D eigenvalue weighted by atomic mass is 15.4. The van der Waals surface area contributed by atoms with Crippen molar-refractivity contribution in [1.82, 2.24) is 20.0 Å². The van der Waals surface area contributed by atoms with E-state index in [4.69, 9.17) is 0 Å². The van der Waals surface area contributed by atoms with E-state index >= 15 is 0 Å². The summed E-state index contributed by atoms with van der Waals surface area (Å²) in [5, 5.41) is 3.53. The van der Waals surface area contributed by atoms with Crippen LogP contribution in [-0.4, -0.2) is 73.3 Å². The maximum atomic E-state index is 3.53. The highest BCUT2D eigenvalue weighted by molar-refractivity contribution is 4.87. The van der Waals surface area contributed by atoms with Crippen LogP contribution >= 0.6 is 0 Å². The van der Waals surface area contributed by atoms with Gasteiger partial charge in [-0.3, -0.25) is 14.7 Å². The molecule has 4 rings (SSSR count). The highest BCUT2D eigenvalue weighted by Gasteiger charge is 2.32. The van der Waals surface area contributed by atoms with Crippen LogP contribution in [0.5, 0.6) is 0 Å². The normalized spacial score (nSPS) is 48.0. The molecule has 0 aromatic carbocycles. The molecule has 4 fully saturated rings. The van der Waals surface area contributed by atoms with E-state index in [2.05, 4.69) is 20.0 Å². The summed E-state index contributed by atoms with van der Waals surface area (Å²) in [4.78, 5) is 7.83. The molecule has 0 saturated carbocycles. The summed E-state index contributed by atoms with van der Waals surface area (Å²) in [5.74, 6) is 0. The van der Waals surface area contributed by atoms with Crippen LogP contribution in [0.3, 0.4) is 0 Å². The Morgan fingerprint density at radius 2 is 2.00 bits per heavy atom. The molecule has 4 unspecified atom stereocenters. The molecular weight excluding hydrogens is 176 g/mol. The van der Waals surface area contributed by atoms with Crippen molar-refractivity contribution < 1.29 is 0 Å². The fourth-order valence-corrected chi connectivity index (χ4v) is 2.88. The SMILES string of the molecule is C1CN2CCC3CN(CCN3C2)CN1.